The van der Waals surface area contributed by atoms with E-state index in [1.807, 2.05) is 38.2 Å². The quantitative estimate of drug-likeness (QED) is 0.631. The highest BCUT2D eigenvalue weighted by atomic mass is 16.5. The first kappa shape index (κ1) is 18.1. The fourth-order valence-corrected chi connectivity index (χ4v) is 2.82. The highest BCUT2D eigenvalue weighted by molar-refractivity contribution is 5.97. The van der Waals surface area contributed by atoms with Gasteiger partial charge in [0.25, 0.3) is 5.91 Å². The van der Waals surface area contributed by atoms with Crippen LogP contribution in [0.4, 0.5) is 17.5 Å². The number of nitrogens with one attached hydrogen (secondary N) is 3. The van der Waals surface area contributed by atoms with Gasteiger partial charge in [0.05, 0.1) is 6.61 Å². The standard InChI is InChI=1S/C19H25N5O2/c1-12-10-17(20-2)24-19(22-12)23-14-6-7-15(13-4-5-13)16(11-14)18(25)21-8-9-26-3/h6-7,10-11,13H,4-5,8-9H2,1-3H3,(H,21,25)(H2,20,22,23,24). The van der Waals surface area contributed by atoms with Crippen LogP contribution in [0.1, 0.15) is 40.4 Å². The molecular weight excluding hydrogens is 330 g/mol. The van der Waals surface area contributed by atoms with Gasteiger partial charge in [0.15, 0.2) is 0 Å². The fraction of sp³-hybridized carbons (Fsp3) is 0.421. The Bertz CT molecular complexity index is 789. The van der Waals surface area contributed by atoms with Gasteiger partial charge in [0.2, 0.25) is 5.95 Å². The van der Waals surface area contributed by atoms with Crippen LogP contribution < -0.4 is 16.0 Å². The van der Waals surface area contributed by atoms with Crippen LogP contribution in [0.25, 0.3) is 0 Å². The molecule has 1 aromatic carbocycles. The normalized spacial score (nSPS) is 13.3. The average Bonchev–Trinajstić information content (AvgIpc) is 3.46. The van der Waals surface area contributed by atoms with E-state index in [4.69, 9.17) is 4.74 Å². The third-order valence-electron chi connectivity index (χ3n) is 4.27. The number of rotatable bonds is 8. The molecule has 0 aliphatic heterocycles. The first-order valence-corrected chi connectivity index (χ1v) is 8.82. The molecule has 1 heterocycles. The van der Waals surface area contributed by atoms with Crippen molar-refractivity contribution < 1.29 is 9.53 Å². The average molecular weight is 355 g/mol. The molecule has 0 atom stereocenters. The van der Waals surface area contributed by atoms with Crippen LogP contribution in [0.3, 0.4) is 0 Å². The molecule has 0 bridgehead atoms. The van der Waals surface area contributed by atoms with Gasteiger partial charge in [-0.15, -0.1) is 0 Å². The van der Waals surface area contributed by atoms with Gasteiger partial charge < -0.3 is 20.7 Å². The van der Waals surface area contributed by atoms with Crippen molar-refractivity contribution in [3.05, 3.63) is 41.1 Å². The molecule has 7 heteroatoms. The van der Waals surface area contributed by atoms with E-state index >= 15 is 0 Å². The van der Waals surface area contributed by atoms with Gasteiger partial charge in [0.1, 0.15) is 5.82 Å². The van der Waals surface area contributed by atoms with E-state index < -0.39 is 0 Å². The highest BCUT2D eigenvalue weighted by Crippen LogP contribution is 2.42. The molecule has 3 N–H and O–H groups in total. The summed E-state index contributed by atoms with van der Waals surface area (Å²) in [4.78, 5) is 21.4. The van der Waals surface area contributed by atoms with Gasteiger partial charge in [-0.05, 0) is 43.4 Å². The molecule has 0 spiro atoms. The summed E-state index contributed by atoms with van der Waals surface area (Å²) in [5.41, 5.74) is 3.46. The summed E-state index contributed by atoms with van der Waals surface area (Å²) in [6, 6.07) is 7.75. The minimum absolute atomic E-state index is 0.0753. The van der Waals surface area contributed by atoms with Gasteiger partial charge in [-0.1, -0.05) is 6.07 Å². The summed E-state index contributed by atoms with van der Waals surface area (Å²) < 4.78 is 5.00. The summed E-state index contributed by atoms with van der Waals surface area (Å²) in [6.45, 7) is 2.90. The lowest BCUT2D eigenvalue weighted by Gasteiger charge is -2.13. The SMILES string of the molecule is CNc1cc(C)nc(Nc2ccc(C3CC3)c(C(=O)NCCOC)c2)n1. The summed E-state index contributed by atoms with van der Waals surface area (Å²) in [7, 11) is 3.44. The van der Waals surface area contributed by atoms with Gasteiger partial charge in [0, 0.05) is 43.7 Å². The number of aryl methyl sites for hydroxylation is 1. The van der Waals surface area contributed by atoms with Crippen LogP contribution in [-0.4, -0.2) is 43.2 Å². The third-order valence-corrected chi connectivity index (χ3v) is 4.27. The van der Waals surface area contributed by atoms with E-state index in [1.54, 1.807) is 7.11 Å². The zero-order chi connectivity index (χ0) is 18.5. The lowest BCUT2D eigenvalue weighted by Crippen LogP contribution is -2.27. The van der Waals surface area contributed by atoms with E-state index in [0.717, 1.165) is 35.6 Å². The second kappa shape index (κ2) is 8.14. The van der Waals surface area contributed by atoms with Gasteiger partial charge in [-0.25, -0.2) is 4.98 Å². The lowest BCUT2D eigenvalue weighted by molar-refractivity contribution is 0.0936. The minimum atomic E-state index is -0.0753. The Morgan fingerprint density at radius 3 is 2.77 bits per heavy atom. The van der Waals surface area contributed by atoms with Crippen LogP contribution in [0.5, 0.6) is 0 Å². The zero-order valence-electron chi connectivity index (χ0n) is 15.4. The molecule has 1 amide bonds. The predicted molar refractivity (Wildman–Crippen MR) is 102 cm³/mol. The monoisotopic (exact) mass is 355 g/mol. The van der Waals surface area contributed by atoms with E-state index in [2.05, 4.69) is 25.9 Å². The van der Waals surface area contributed by atoms with Gasteiger partial charge in [-0.3, -0.25) is 4.79 Å². The molecule has 1 fully saturated rings. The largest absolute Gasteiger partial charge is 0.383 e. The number of amides is 1. The van der Waals surface area contributed by atoms with Crippen molar-refractivity contribution in [1.29, 1.82) is 0 Å². The number of hydrogen-bond acceptors (Lipinski definition) is 6. The topological polar surface area (TPSA) is 88.2 Å². The van der Waals surface area contributed by atoms with Crippen molar-refractivity contribution in [3.63, 3.8) is 0 Å². The molecule has 26 heavy (non-hydrogen) atoms. The second-order valence-electron chi connectivity index (χ2n) is 6.42. The first-order chi connectivity index (χ1) is 12.6. The number of methoxy groups -OCH3 is 1. The van der Waals surface area contributed by atoms with Gasteiger partial charge >= 0.3 is 0 Å². The molecule has 1 aromatic heterocycles. The number of benzene rings is 1. The lowest BCUT2D eigenvalue weighted by atomic mass is 10.0. The predicted octanol–water partition coefficient (Wildman–Crippen LogP) is 2.82. The van der Waals surface area contributed by atoms with Crippen molar-refractivity contribution >= 4 is 23.4 Å². The molecule has 1 aliphatic carbocycles. The minimum Gasteiger partial charge on any atom is -0.383 e. The summed E-state index contributed by atoms with van der Waals surface area (Å²) in [5.74, 6) is 1.65. The Labute approximate surface area is 153 Å². The third kappa shape index (κ3) is 4.49. The van der Waals surface area contributed by atoms with Crippen LogP contribution >= 0.6 is 0 Å². The van der Waals surface area contributed by atoms with E-state index in [1.165, 1.54) is 0 Å². The molecule has 0 radical (unpaired) electrons. The molecule has 1 aliphatic rings. The van der Waals surface area contributed by atoms with Crippen LogP contribution in [0.15, 0.2) is 24.3 Å². The Morgan fingerprint density at radius 2 is 2.08 bits per heavy atom. The maximum atomic E-state index is 12.6. The van der Waals surface area contributed by atoms with Crippen molar-refractivity contribution in [3.8, 4) is 0 Å². The van der Waals surface area contributed by atoms with Crippen LogP contribution in [0, 0.1) is 6.92 Å². The Morgan fingerprint density at radius 1 is 1.27 bits per heavy atom. The number of carbonyl (C=O) groups is 1. The van der Waals surface area contributed by atoms with Crippen molar-refractivity contribution in [1.82, 2.24) is 15.3 Å². The van der Waals surface area contributed by atoms with E-state index in [-0.39, 0.29) is 5.91 Å². The van der Waals surface area contributed by atoms with Crippen molar-refractivity contribution in [2.24, 2.45) is 0 Å². The number of anilines is 3. The molecule has 1 saturated carbocycles. The molecule has 2 aromatic rings. The Hall–Kier alpha value is -2.67. The fourth-order valence-electron chi connectivity index (χ4n) is 2.82. The maximum Gasteiger partial charge on any atom is 0.251 e. The molecule has 0 unspecified atom stereocenters. The Balaban J connectivity index is 1.83. The Kier molecular flexibility index (Phi) is 5.68. The van der Waals surface area contributed by atoms with Crippen molar-refractivity contribution in [2.45, 2.75) is 25.7 Å². The maximum absolute atomic E-state index is 12.6. The number of nitrogens with zero attached hydrogens (tertiary/aromatic N) is 2. The smallest absolute Gasteiger partial charge is 0.251 e. The summed E-state index contributed by atoms with van der Waals surface area (Å²) in [6.07, 6.45) is 2.27. The second-order valence-corrected chi connectivity index (χ2v) is 6.42. The number of aromatic nitrogens is 2. The molecule has 3 rings (SSSR count). The van der Waals surface area contributed by atoms with E-state index in [9.17, 15) is 4.79 Å². The first-order valence-electron chi connectivity index (χ1n) is 8.82. The number of carbonyl (C=O) groups excluding carboxylic acids is 1. The molecule has 0 saturated heterocycles. The molecular formula is C19H25N5O2. The number of hydrogen-bond donors (Lipinski definition) is 3. The zero-order valence-corrected chi connectivity index (χ0v) is 15.4. The van der Waals surface area contributed by atoms with E-state index in [0.29, 0.717) is 30.6 Å². The highest BCUT2D eigenvalue weighted by Gasteiger charge is 2.28. The summed E-state index contributed by atoms with van der Waals surface area (Å²) >= 11 is 0. The van der Waals surface area contributed by atoms with Gasteiger partial charge in [-0.2, -0.15) is 4.98 Å². The van der Waals surface area contributed by atoms with Crippen LogP contribution in [0.2, 0.25) is 0 Å². The summed E-state index contributed by atoms with van der Waals surface area (Å²) in [5, 5.41) is 9.13. The molecule has 138 valence electrons. The van der Waals surface area contributed by atoms with Crippen LogP contribution in [-0.2, 0) is 4.74 Å². The van der Waals surface area contributed by atoms with Crippen molar-refractivity contribution in [2.75, 3.05) is 37.9 Å². The molecule has 7 nitrogen and oxygen atoms in total. The number of ether oxygens (including phenoxy) is 1.